The van der Waals surface area contributed by atoms with Crippen molar-refractivity contribution < 1.29 is 33.9 Å². The zero-order valence-corrected chi connectivity index (χ0v) is 14.7. The molecule has 0 saturated heterocycles. The van der Waals surface area contributed by atoms with Crippen LogP contribution in [0, 0.1) is 0 Å². The van der Waals surface area contributed by atoms with Crippen LogP contribution in [0.15, 0.2) is 50.5 Å². The fraction of sp³-hybridized carbons (Fsp3) is 0.294. The summed E-state index contributed by atoms with van der Waals surface area (Å²) in [5.74, 6) is -1.29. The first-order valence-corrected chi connectivity index (χ1v) is 7.84. The first-order chi connectivity index (χ1) is 12.9. The molecule has 3 aromatic rings. The second-order valence-corrected chi connectivity index (χ2v) is 4.95. The van der Waals surface area contributed by atoms with E-state index in [1.165, 1.54) is 19.3 Å². The number of carboxylic acids is 1. The Morgan fingerprint density at radius 3 is 2.30 bits per heavy atom. The first-order valence-electron chi connectivity index (χ1n) is 7.84. The predicted octanol–water partition coefficient (Wildman–Crippen LogP) is 1.32. The van der Waals surface area contributed by atoms with Crippen LogP contribution in [-0.2, 0) is 0 Å². The zero-order valence-electron chi connectivity index (χ0n) is 14.7. The van der Waals surface area contributed by atoms with Crippen molar-refractivity contribution >= 4 is 16.9 Å². The van der Waals surface area contributed by atoms with Gasteiger partial charge in [-0.05, 0) is 26.0 Å². The van der Waals surface area contributed by atoms with Crippen molar-refractivity contribution in [2.24, 2.45) is 0 Å². The predicted molar refractivity (Wildman–Crippen MR) is 93.7 cm³/mol. The van der Waals surface area contributed by atoms with Crippen LogP contribution in [0.25, 0.3) is 11.0 Å². The van der Waals surface area contributed by atoms with Crippen molar-refractivity contribution in [3.05, 3.63) is 52.6 Å². The largest absolute Gasteiger partial charge is 0.492 e. The molecule has 0 saturated carbocycles. The summed E-state index contributed by atoms with van der Waals surface area (Å²) in [4.78, 5) is 22.6. The number of aliphatic hydroxyl groups is 2. The molecule has 27 heavy (non-hydrogen) atoms. The van der Waals surface area contributed by atoms with Gasteiger partial charge in [0.1, 0.15) is 5.58 Å². The van der Waals surface area contributed by atoms with Crippen LogP contribution in [0.5, 0.6) is 5.75 Å². The van der Waals surface area contributed by atoms with Gasteiger partial charge in [0.2, 0.25) is 0 Å². The number of ether oxygens (including phenoxy) is 1. The van der Waals surface area contributed by atoms with Gasteiger partial charge in [0.05, 0.1) is 37.1 Å². The van der Waals surface area contributed by atoms with E-state index < -0.39 is 23.3 Å². The van der Waals surface area contributed by atoms with Gasteiger partial charge in [-0.25, -0.2) is 14.2 Å². The molecule has 2 aromatic heterocycles. The lowest BCUT2D eigenvalue weighted by Crippen LogP contribution is -2.16. The molecule has 0 aliphatic carbocycles. The molecular weight excluding hydrogens is 360 g/mol. The molecule has 0 fully saturated rings. The monoisotopic (exact) mass is 380 g/mol. The minimum absolute atomic E-state index is 0.0619. The number of aliphatic hydroxyl groups excluding tert-OH is 2. The van der Waals surface area contributed by atoms with E-state index in [9.17, 15) is 9.59 Å². The number of fused-ring (bicyclic) bond motifs is 1. The highest BCUT2D eigenvalue weighted by atomic mass is 16.6. The lowest BCUT2D eigenvalue weighted by atomic mass is 10.1. The molecular formula is C17H20N2O8. The van der Waals surface area contributed by atoms with E-state index in [1.807, 2.05) is 0 Å². The Bertz CT molecular complexity index is 857. The number of hydrogen-bond donors (Lipinski definition) is 3. The summed E-state index contributed by atoms with van der Waals surface area (Å²) in [6.45, 7) is 3.38. The molecule has 10 heteroatoms. The number of aromatic carboxylic acids is 1. The highest BCUT2D eigenvalue weighted by Crippen LogP contribution is 2.27. The van der Waals surface area contributed by atoms with E-state index in [0.29, 0.717) is 11.0 Å². The second kappa shape index (κ2) is 11.4. The molecule has 0 radical (unpaired) electrons. The maximum absolute atomic E-state index is 11.5. The van der Waals surface area contributed by atoms with Crippen molar-refractivity contribution in [2.75, 3.05) is 13.2 Å². The molecule has 1 aromatic carbocycles. The van der Waals surface area contributed by atoms with Crippen molar-refractivity contribution in [3.8, 4) is 5.75 Å². The number of para-hydroxylation sites is 1. The van der Waals surface area contributed by atoms with Crippen LogP contribution < -0.4 is 10.4 Å². The van der Waals surface area contributed by atoms with Crippen molar-refractivity contribution in [1.82, 2.24) is 10.3 Å². The molecule has 0 aliphatic rings. The molecule has 0 spiro atoms. The number of carbonyl (C=O) groups is 1. The number of aromatic nitrogens is 2. The number of benzene rings is 1. The molecule has 1 atom stereocenters. The Morgan fingerprint density at radius 2 is 1.85 bits per heavy atom. The number of rotatable bonds is 4. The van der Waals surface area contributed by atoms with Crippen LogP contribution in [0.3, 0.4) is 0 Å². The quantitative estimate of drug-likeness (QED) is 0.564. The van der Waals surface area contributed by atoms with Crippen LogP contribution in [0.4, 0.5) is 0 Å². The molecule has 0 amide bonds. The summed E-state index contributed by atoms with van der Waals surface area (Å²) < 4.78 is 14.3. The SMILES string of the molecule is CC(O)CO.CCOc1c(C(=O)O)c(=O)oc2ccccc12.c1cnon1. The molecule has 3 rings (SSSR count). The Labute approximate surface area is 153 Å². The zero-order chi connectivity index (χ0) is 20.2. The second-order valence-electron chi connectivity index (χ2n) is 4.95. The maximum Gasteiger partial charge on any atom is 0.354 e. The van der Waals surface area contributed by atoms with E-state index in [0.717, 1.165) is 0 Å². The van der Waals surface area contributed by atoms with Gasteiger partial charge in [-0.1, -0.05) is 22.4 Å². The molecule has 0 aliphatic heterocycles. The summed E-state index contributed by atoms with van der Waals surface area (Å²) in [5, 5.41) is 31.9. The average Bonchev–Trinajstić information content (AvgIpc) is 3.22. The topological polar surface area (TPSA) is 156 Å². The Kier molecular flexibility index (Phi) is 9.20. The normalized spacial score (nSPS) is 10.8. The van der Waals surface area contributed by atoms with E-state index in [2.05, 4.69) is 14.9 Å². The fourth-order valence-corrected chi connectivity index (χ4v) is 1.74. The van der Waals surface area contributed by atoms with Crippen LogP contribution >= 0.6 is 0 Å². The standard InChI is InChI=1S/C12H10O5.C3H8O2.C2H2N2O/c1-2-16-10-7-5-3-4-6-8(7)17-12(15)9(10)11(13)14;1-3(5)2-4;1-2-4-5-3-1/h3-6H,2H2,1H3,(H,13,14);3-5H,2H2,1H3;1-2H. The van der Waals surface area contributed by atoms with Gasteiger partial charge in [0, 0.05) is 0 Å². The van der Waals surface area contributed by atoms with Crippen molar-refractivity contribution in [3.63, 3.8) is 0 Å². The molecule has 0 bridgehead atoms. The lowest BCUT2D eigenvalue weighted by molar-refractivity contribution is 0.0688. The van der Waals surface area contributed by atoms with Gasteiger partial charge in [-0.15, -0.1) is 0 Å². The fourth-order valence-electron chi connectivity index (χ4n) is 1.74. The summed E-state index contributed by atoms with van der Waals surface area (Å²) in [6.07, 6.45) is 2.38. The third-order valence-corrected chi connectivity index (χ3v) is 2.81. The van der Waals surface area contributed by atoms with Crippen molar-refractivity contribution in [2.45, 2.75) is 20.0 Å². The van der Waals surface area contributed by atoms with Crippen LogP contribution in [-0.4, -0.2) is 50.9 Å². The number of nitrogens with zero attached hydrogens (tertiary/aromatic N) is 2. The average molecular weight is 380 g/mol. The third-order valence-electron chi connectivity index (χ3n) is 2.81. The van der Waals surface area contributed by atoms with E-state index in [-0.39, 0.29) is 19.0 Å². The Balaban J connectivity index is 0.000000298. The third kappa shape index (κ3) is 6.88. The van der Waals surface area contributed by atoms with E-state index >= 15 is 0 Å². The minimum Gasteiger partial charge on any atom is -0.492 e. The molecule has 1 unspecified atom stereocenters. The lowest BCUT2D eigenvalue weighted by Gasteiger charge is -2.08. The Morgan fingerprint density at radius 1 is 1.26 bits per heavy atom. The van der Waals surface area contributed by atoms with Gasteiger partial charge >= 0.3 is 11.6 Å². The molecule has 2 heterocycles. The highest BCUT2D eigenvalue weighted by Gasteiger charge is 2.21. The van der Waals surface area contributed by atoms with Gasteiger partial charge in [0.25, 0.3) is 0 Å². The number of carboxylic acid groups (broad SMARTS) is 1. The first kappa shape index (κ1) is 21.8. The summed E-state index contributed by atoms with van der Waals surface area (Å²) >= 11 is 0. The van der Waals surface area contributed by atoms with Crippen LogP contribution in [0.1, 0.15) is 24.2 Å². The summed E-state index contributed by atoms with van der Waals surface area (Å²) in [7, 11) is 0. The van der Waals surface area contributed by atoms with Gasteiger partial charge in [-0.2, -0.15) is 0 Å². The van der Waals surface area contributed by atoms with E-state index in [1.54, 1.807) is 31.2 Å². The van der Waals surface area contributed by atoms with Gasteiger partial charge < -0.3 is 24.5 Å². The van der Waals surface area contributed by atoms with E-state index in [4.69, 9.17) is 24.5 Å². The summed E-state index contributed by atoms with van der Waals surface area (Å²) in [6, 6.07) is 6.65. The van der Waals surface area contributed by atoms with Gasteiger partial charge in [-0.3, -0.25) is 0 Å². The minimum atomic E-state index is -1.35. The maximum atomic E-state index is 11.5. The number of hydrogen-bond acceptors (Lipinski definition) is 9. The molecule has 10 nitrogen and oxygen atoms in total. The van der Waals surface area contributed by atoms with Gasteiger partial charge in [0.15, 0.2) is 11.3 Å². The molecule has 3 N–H and O–H groups in total. The summed E-state index contributed by atoms with van der Waals surface area (Å²) in [5.41, 5.74) is -1.06. The molecule has 146 valence electrons. The Hall–Kier alpha value is -3.24. The highest BCUT2D eigenvalue weighted by molar-refractivity contribution is 5.97. The van der Waals surface area contributed by atoms with Crippen molar-refractivity contribution in [1.29, 1.82) is 0 Å². The van der Waals surface area contributed by atoms with Crippen LogP contribution in [0.2, 0.25) is 0 Å². The smallest absolute Gasteiger partial charge is 0.354 e.